The minimum Gasteiger partial charge on any atom is 0 e. The topological polar surface area (TPSA) is 83.5 Å². The molecule has 0 heterocycles. The Kier molecular flexibility index (Phi) is 28.8. The second kappa shape index (κ2) is 23.5. The number of rotatable bonds is 2. The van der Waals surface area contributed by atoms with Crippen LogP contribution in [0, 0.1) is 93.7 Å². The van der Waals surface area contributed by atoms with E-state index in [1.807, 2.05) is 24.3 Å². The van der Waals surface area contributed by atoms with Crippen LogP contribution >= 0.6 is 0 Å². The van der Waals surface area contributed by atoms with E-state index in [1.54, 1.807) is 12.1 Å². The molecule has 1 aromatic carbocycles. The van der Waals surface area contributed by atoms with E-state index in [-0.39, 0.29) is 34.1 Å². The van der Waals surface area contributed by atoms with Crippen LogP contribution in [0.25, 0.3) is 0 Å². The Bertz CT molecular complexity index is 553. The van der Waals surface area contributed by atoms with E-state index < -0.39 is 8.07 Å². The Morgan fingerprint density at radius 3 is 1.24 bits per heavy atom. The Morgan fingerprint density at radius 2 is 1.00 bits per heavy atom. The molecule has 1 aromatic rings. The maximum Gasteiger partial charge on any atom is 0 e. The fourth-order valence-corrected chi connectivity index (χ4v) is 4.65. The van der Waals surface area contributed by atoms with Gasteiger partial charge in [-0.15, -0.1) is 0 Å². The molecule has 7 heteroatoms. The predicted molar refractivity (Wildman–Crippen MR) is 101 cm³/mol. The van der Waals surface area contributed by atoms with Crippen LogP contribution in [0.2, 0.25) is 13.1 Å². The van der Waals surface area contributed by atoms with Crippen LogP contribution in [0.3, 0.4) is 0 Å². The van der Waals surface area contributed by atoms with Gasteiger partial charge in [-0.25, -0.2) is 0 Å². The number of hydrogen-bond acceptors (Lipinski definition) is 1. The molecule has 0 spiro atoms. The summed E-state index contributed by atoms with van der Waals surface area (Å²) in [7, 11) is -1.35. The van der Waals surface area contributed by atoms with E-state index in [4.69, 9.17) is 19.2 Å². The van der Waals surface area contributed by atoms with Gasteiger partial charge in [-0.1, -0.05) is 31.3 Å². The third kappa shape index (κ3) is 13.9. The van der Waals surface area contributed by atoms with E-state index in [2.05, 4.69) is 84.4 Å². The summed E-state index contributed by atoms with van der Waals surface area (Å²) in [6.07, 6.45) is 17.5. The standard InChI is InChI=1S/C12H14Si.C7H5N.3CO.2Fe/c1-13(2,11-7-3-4-8-11)12-9-5-6-10-12;8-6-7-4-2-1-3-5-7;3*1-2;;/h3-10H,1-2H3;1-5H;;;;;. The first-order chi connectivity index (χ1) is 13.1. The second-order valence-electron chi connectivity index (χ2n) is 5.45. The number of nitriles is 1. The number of benzene rings is 1. The summed E-state index contributed by atoms with van der Waals surface area (Å²) in [6, 6.07) is 11.2. The van der Waals surface area contributed by atoms with Crippen molar-refractivity contribution in [1.29, 1.82) is 5.26 Å². The molecule has 0 aromatic heterocycles. The van der Waals surface area contributed by atoms with Crippen molar-refractivity contribution in [3.63, 3.8) is 0 Å². The van der Waals surface area contributed by atoms with Crippen LogP contribution in [0.15, 0.2) is 30.3 Å². The van der Waals surface area contributed by atoms with E-state index in [0.717, 1.165) is 0 Å². The zero-order valence-electron chi connectivity index (χ0n) is 15.9. The summed E-state index contributed by atoms with van der Waals surface area (Å²) in [4.78, 5) is 0. The average molecular weight is 485 g/mol. The van der Waals surface area contributed by atoms with Crippen LogP contribution < -0.4 is 0 Å². The van der Waals surface area contributed by atoms with E-state index >= 15 is 0 Å². The monoisotopic (exact) mass is 485 g/mol. The summed E-state index contributed by atoms with van der Waals surface area (Å²) in [6.45, 7) is 18.3. The van der Waals surface area contributed by atoms with Crippen molar-refractivity contribution in [2.24, 2.45) is 0 Å². The van der Waals surface area contributed by atoms with E-state index in [9.17, 15) is 0 Å². The molecule has 2 saturated carbocycles. The molecule has 29 heavy (non-hydrogen) atoms. The van der Waals surface area contributed by atoms with Crippen LogP contribution in [0.1, 0.15) is 5.56 Å². The molecule has 3 rings (SSSR count). The Balaban J connectivity index is -0.000000171. The molecule has 0 amide bonds. The van der Waals surface area contributed by atoms with Gasteiger partial charge in [-0.2, -0.15) is 5.26 Å². The van der Waals surface area contributed by atoms with Crippen molar-refractivity contribution in [2.75, 3.05) is 0 Å². The van der Waals surface area contributed by atoms with Gasteiger partial charge in [-0.3, -0.25) is 0 Å². The van der Waals surface area contributed by atoms with Gasteiger partial charge in [0.05, 0.1) is 19.7 Å². The predicted octanol–water partition coefficient (Wildman–Crippen LogP) is 4.02. The molecule has 2 aliphatic carbocycles. The Morgan fingerprint density at radius 1 is 0.690 bits per heavy atom. The minimum absolute atomic E-state index is 0. The summed E-state index contributed by atoms with van der Waals surface area (Å²) in [5.74, 6) is 0. The van der Waals surface area contributed by atoms with Gasteiger partial charge < -0.3 is 0 Å². The minimum atomic E-state index is -1.35. The largest absolute Gasteiger partial charge is 0 e. The summed E-state index contributed by atoms with van der Waals surface area (Å²) >= 11 is 0. The SMILES string of the molecule is C[Si](C)([C]1[CH][CH][CH][CH]1)[C]1[CH][CH][CH][CH]1.N#Cc1ccccc1.[C-]#[O+].[C-]#[O+].[C-]#[O+].[Fe].[Fe]. The van der Waals surface area contributed by atoms with Gasteiger partial charge in [0.1, 0.15) is 0 Å². The van der Waals surface area contributed by atoms with Crippen molar-refractivity contribution in [3.8, 4) is 6.07 Å². The molecule has 4 nitrogen and oxygen atoms in total. The maximum atomic E-state index is 8.29. The van der Waals surface area contributed by atoms with Crippen molar-refractivity contribution < 1.29 is 48.1 Å². The van der Waals surface area contributed by atoms with Gasteiger partial charge in [-0.05, 0) is 74.6 Å². The summed E-state index contributed by atoms with van der Waals surface area (Å²) in [5, 5.41) is 8.29. The van der Waals surface area contributed by atoms with E-state index in [1.165, 1.54) is 11.1 Å². The normalized spacial score (nSPS) is 14.6. The van der Waals surface area contributed by atoms with Gasteiger partial charge in [0.2, 0.25) is 0 Å². The molecule has 2 aliphatic rings. The van der Waals surface area contributed by atoms with Gasteiger partial charge in [0, 0.05) is 34.1 Å². The molecule has 0 atom stereocenters. The Labute approximate surface area is 198 Å². The molecular weight excluding hydrogens is 466 g/mol. The fraction of sp³-hybridized carbons (Fsp3) is 0.0909. The first-order valence-corrected chi connectivity index (χ1v) is 10.7. The molecule has 0 bridgehead atoms. The van der Waals surface area contributed by atoms with Gasteiger partial charge in [0.15, 0.2) is 0 Å². The van der Waals surface area contributed by atoms with Crippen LogP contribution in [0.4, 0.5) is 0 Å². The third-order valence-electron chi connectivity index (χ3n) is 3.67. The maximum absolute atomic E-state index is 8.29. The average Bonchev–Trinajstić information content (AvgIpc) is 3.48. The van der Waals surface area contributed by atoms with Crippen LogP contribution in [-0.4, -0.2) is 8.07 Å². The molecule has 0 N–H and O–H groups in total. The first-order valence-electron chi connectivity index (χ1n) is 7.65. The van der Waals surface area contributed by atoms with Crippen LogP contribution in [0.5, 0.6) is 0 Å². The van der Waals surface area contributed by atoms with Crippen molar-refractivity contribution in [2.45, 2.75) is 13.1 Å². The van der Waals surface area contributed by atoms with Gasteiger partial charge >= 0.3 is 33.9 Å². The summed E-state index contributed by atoms with van der Waals surface area (Å²) < 4.78 is 22.5. The number of hydrogen-bond donors (Lipinski definition) is 0. The number of nitrogens with zero attached hydrogens (tertiary/aromatic N) is 1. The van der Waals surface area contributed by atoms with Gasteiger partial charge in [0.25, 0.3) is 0 Å². The van der Waals surface area contributed by atoms with Crippen molar-refractivity contribution >= 4 is 8.07 Å². The third-order valence-corrected chi connectivity index (χ3v) is 7.23. The molecule has 0 unspecified atom stereocenters. The molecule has 150 valence electrons. The summed E-state index contributed by atoms with van der Waals surface area (Å²) in [5.41, 5.74) is 3.77. The quantitative estimate of drug-likeness (QED) is 0.354. The molecule has 0 aliphatic heterocycles. The van der Waals surface area contributed by atoms with Crippen molar-refractivity contribution in [3.05, 3.63) is 118 Å². The van der Waals surface area contributed by atoms with E-state index in [0.29, 0.717) is 5.56 Å². The Hall–Kier alpha value is -0.814. The van der Waals surface area contributed by atoms with Crippen LogP contribution in [-0.2, 0) is 48.1 Å². The molecule has 2 fully saturated rings. The second-order valence-corrected chi connectivity index (χ2v) is 9.85. The molecule has 10 radical (unpaired) electrons. The fourth-order valence-electron chi connectivity index (χ4n) is 2.26. The molecule has 0 saturated heterocycles. The zero-order chi connectivity index (χ0) is 21.1. The first kappa shape index (κ1) is 35.6. The zero-order valence-corrected chi connectivity index (χ0v) is 19.1. The molecular formula is C22H19Fe2NO3Si. The smallest absolute Gasteiger partial charge is 0 e. The van der Waals surface area contributed by atoms with Crippen molar-refractivity contribution in [1.82, 2.24) is 0 Å².